The van der Waals surface area contributed by atoms with Crippen LogP contribution in [0.1, 0.15) is 37.4 Å². The SMILES string of the molecule is Cc1ccc(Nc2cc(S(=O)(=O)O)c(N)c3c2C(=O)c2ccccc2C3=O)c([N+](=O)[O-])c1. The third kappa shape index (κ3) is 3.29. The first-order chi connectivity index (χ1) is 15.0. The summed E-state index contributed by atoms with van der Waals surface area (Å²) >= 11 is 0. The lowest BCUT2D eigenvalue weighted by Gasteiger charge is -2.23. The molecular formula is C21H15N3O7S. The number of carbonyl (C=O) groups is 2. The Bertz CT molecular complexity index is 1460. The Balaban J connectivity index is 2.04. The summed E-state index contributed by atoms with van der Waals surface area (Å²) in [4.78, 5) is 36.4. The molecule has 3 aromatic rings. The van der Waals surface area contributed by atoms with Crippen LogP contribution in [0.4, 0.5) is 22.7 Å². The number of ketones is 2. The van der Waals surface area contributed by atoms with Gasteiger partial charge in [0, 0.05) is 17.2 Å². The van der Waals surface area contributed by atoms with Gasteiger partial charge >= 0.3 is 0 Å². The maximum atomic E-state index is 13.3. The third-order valence-corrected chi connectivity index (χ3v) is 5.99. The van der Waals surface area contributed by atoms with Crippen molar-refractivity contribution in [3.8, 4) is 0 Å². The standard InChI is InChI=1S/C21H15N3O7S/c1-10-6-7-13(15(8-10)24(27)28)23-14-9-16(32(29,30)31)19(22)18-17(14)20(25)11-4-2-3-5-12(11)21(18)26/h2-9,23H,22H2,1H3,(H,29,30,31). The van der Waals surface area contributed by atoms with Crippen molar-refractivity contribution in [1.82, 2.24) is 0 Å². The van der Waals surface area contributed by atoms with Crippen molar-refractivity contribution < 1.29 is 27.5 Å². The quantitative estimate of drug-likeness (QED) is 0.182. The maximum absolute atomic E-state index is 13.3. The molecule has 0 bridgehead atoms. The third-order valence-electron chi connectivity index (χ3n) is 5.10. The van der Waals surface area contributed by atoms with Crippen LogP contribution < -0.4 is 11.1 Å². The molecule has 0 amide bonds. The first-order valence-electron chi connectivity index (χ1n) is 9.15. The first-order valence-corrected chi connectivity index (χ1v) is 10.6. The van der Waals surface area contributed by atoms with E-state index in [0.29, 0.717) is 5.56 Å². The predicted octanol–water partition coefficient (Wildman–Crippen LogP) is 3.25. The van der Waals surface area contributed by atoms with Crippen LogP contribution in [0, 0.1) is 17.0 Å². The second-order valence-corrected chi connectivity index (χ2v) is 8.56. The number of rotatable bonds is 4. The molecule has 1 aliphatic rings. The van der Waals surface area contributed by atoms with Crippen molar-refractivity contribution in [2.45, 2.75) is 11.8 Å². The van der Waals surface area contributed by atoms with E-state index in [1.54, 1.807) is 19.1 Å². The van der Waals surface area contributed by atoms with Gasteiger partial charge in [0.1, 0.15) is 10.6 Å². The number of carbonyl (C=O) groups excluding carboxylic acids is 2. The number of nitro benzene ring substituents is 1. The Morgan fingerprint density at radius 1 is 0.969 bits per heavy atom. The topological polar surface area (TPSA) is 170 Å². The maximum Gasteiger partial charge on any atom is 0.296 e. The van der Waals surface area contributed by atoms with Crippen molar-refractivity contribution in [2.24, 2.45) is 0 Å². The van der Waals surface area contributed by atoms with Crippen LogP contribution in [0.25, 0.3) is 0 Å². The highest BCUT2D eigenvalue weighted by Gasteiger charge is 2.36. The molecule has 0 radical (unpaired) electrons. The molecule has 0 spiro atoms. The zero-order valence-electron chi connectivity index (χ0n) is 16.4. The molecule has 0 saturated heterocycles. The minimum absolute atomic E-state index is 0.0245. The van der Waals surface area contributed by atoms with Crippen LogP contribution in [0.15, 0.2) is 53.4 Å². The van der Waals surface area contributed by atoms with Crippen LogP contribution in [0.3, 0.4) is 0 Å². The second-order valence-electron chi connectivity index (χ2n) is 7.17. The fourth-order valence-electron chi connectivity index (χ4n) is 3.65. The fourth-order valence-corrected chi connectivity index (χ4v) is 4.30. The van der Waals surface area contributed by atoms with Gasteiger partial charge in [-0.2, -0.15) is 8.42 Å². The Morgan fingerprint density at radius 2 is 1.56 bits per heavy atom. The molecule has 0 saturated carbocycles. The number of nitrogens with two attached hydrogens (primary N) is 1. The van der Waals surface area contributed by atoms with Gasteiger partial charge in [0.05, 0.1) is 27.4 Å². The number of hydrogen-bond donors (Lipinski definition) is 3. The molecule has 10 nitrogen and oxygen atoms in total. The molecule has 0 aliphatic heterocycles. The van der Waals surface area contributed by atoms with E-state index in [1.807, 2.05) is 0 Å². The van der Waals surface area contributed by atoms with Gasteiger partial charge in [-0.15, -0.1) is 0 Å². The summed E-state index contributed by atoms with van der Waals surface area (Å²) in [5.74, 6) is -1.33. The summed E-state index contributed by atoms with van der Waals surface area (Å²) in [5, 5.41) is 14.2. The molecule has 0 atom stereocenters. The Morgan fingerprint density at radius 3 is 2.12 bits per heavy atom. The zero-order valence-corrected chi connectivity index (χ0v) is 17.3. The highest BCUT2D eigenvalue weighted by atomic mass is 32.2. The van der Waals surface area contributed by atoms with Crippen molar-refractivity contribution in [2.75, 3.05) is 11.1 Å². The van der Waals surface area contributed by atoms with Crippen molar-refractivity contribution in [1.29, 1.82) is 0 Å². The van der Waals surface area contributed by atoms with Gasteiger partial charge in [-0.25, -0.2) is 0 Å². The number of nitrogens with one attached hydrogen (secondary N) is 1. The van der Waals surface area contributed by atoms with Crippen molar-refractivity contribution in [3.05, 3.63) is 86.5 Å². The number of anilines is 3. The van der Waals surface area contributed by atoms with E-state index in [1.165, 1.54) is 30.3 Å². The van der Waals surface area contributed by atoms with E-state index in [2.05, 4.69) is 5.32 Å². The van der Waals surface area contributed by atoms with Crippen LogP contribution in [0.2, 0.25) is 0 Å². The molecule has 0 aromatic heterocycles. The van der Waals surface area contributed by atoms with E-state index >= 15 is 0 Å². The largest absolute Gasteiger partial charge is 0.397 e. The van der Waals surface area contributed by atoms with Crippen LogP contribution in [0.5, 0.6) is 0 Å². The first kappa shape index (κ1) is 21.2. The van der Waals surface area contributed by atoms with E-state index in [-0.39, 0.29) is 33.8 Å². The minimum Gasteiger partial charge on any atom is -0.397 e. The summed E-state index contributed by atoms with van der Waals surface area (Å²) in [6, 6.07) is 11.1. The summed E-state index contributed by atoms with van der Waals surface area (Å²) in [7, 11) is -4.90. The summed E-state index contributed by atoms with van der Waals surface area (Å²) in [5.41, 5.74) is 4.78. The number of nitrogen functional groups attached to an aromatic ring is 1. The molecule has 3 aromatic carbocycles. The molecule has 1 aliphatic carbocycles. The number of aryl methyl sites for hydroxylation is 1. The number of benzene rings is 3. The molecule has 0 fully saturated rings. The van der Waals surface area contributed by atoms with Gasteiger partial charge in [0.25, 0.3) is 15.8 Å². The zero-order chi connectivity index (χ0) is 23.4. The monoisotopic (exact) mass is 453 g/mol. The second kappa shape index (κ2) is 7.25. The summed E-state index contributed by atoms with van der Waals surface area (Å²) < 4.78 is 33.5. The lowest BCUT2D eigenvalue weighted by molar-refractivity contribution is -0.384. The van der Waals surface area contributed by atoms with E-state index in [0.717, 1.165) is 6.07 Å². The molecule has 162 valence electrons. The molecule has 0 heterocycles. The lowest BCUT2D eigenvalue weighted by atomic mass is 9.82. The van der Waals surface area contributed by atoms with E-state index < -0.39 is 42.8 Å². The van der Waals surface area contributed by atoms with Crippen molar-refractivity contribution >= 4 is 44.4 Å². The van der Waals surface area contributed by atoms with Crippen LogP contribution in [-0.4, -0.2) is 29.5 Å². The van der Waals surface area contributed by atoms with Crippen molar-refractivity contribution in [3.63, 3.8) is 0 Å². The average Bonchev–Trinajstić information content (AvgIpc) is 2.73. The highest BCUT2D eigenvalue weighted by molar-refractivity contribution is 7.86. The van der Waals surface area contributed by atoms with Gasteiger partial charge in [0.15, 0.2) is 11.6 Å². The van der Waals surface area contributed by atoms with Gasteiger partial charge < -0.3 is 11.1 Å². The number of hydrogen-bond acceptors (Lipinski definition) is 8. The molecule has 0 unspecified atom stereocenters. The number of fused-ring (bicyclic) bond motifs is 2. The summed E-state index contributed by atoms with van der Waals surface area (Å²) in [6.45, 7) is 1.65. The lowest BCUT2D eigenvalue weighted by Crippen LogP contribution is -2.25. The Hall–Kier alpha value is -4.09. The molecular weight excluding hydrogens is 438 g/mol. The Labute approximate surface area is 181 Å². The number of nitro groups is 1. The van der Waals surface area contributed by atoms with Crippen LogP contribution >= 0.6 is 0 Å². The molecule has 4 rings (SSSR count). The van der Waals surface area contributed by atoms with Gasteiger partial charge in [-0.1, -0.05) is 30.3 Å². The smallest absolute Gasteiger partial charge is 0.296 e. The van der Waals surface area contributed by atoms with Crippen LogP contribution in [-0.2, 0) is 10.1 Å². The predicted molar refractivity (Wildman–Crippen MR) is 115 cm³/mol. The highest BCUT2D eigenvalue weighted by Crippen LogP contribution is 2.41. The minimum atomic E-state index is -4.90. The Kier molecular flexibility index (Phi) is 4.79. The van der Waals surface area contributed by atoms with Gasteiger partial charge in [0.2, 0.25) is 0 Å². The normalized spacial score (nSPS) is 12.8. The summed E-state index contributed by atoms with van der Waals surface area (Å²) in [6.07, 6.45) is 0. The molecule has 32 heavy (non-hydrogen) atoms. The molecule has 4 N–H and O–H groups in total. The van der Waals surface area contributed by atoms with E-state index in [9.17, 15) is 32.7 Å². The van der Waals surface area contributed by atoms with Gasteiger partial charge in [-0.05, 0) is 24.6 Å². The number of nitrogens with zero attached hydrogens (tertiary/aromatic N) is 1. The molecule has 11 heteroatoms. The average molecular weight is 453 g/mol. The fraction of sp³-hybridized carbons (Fsp3) is 0.0476. The van der Waals surface area contributed by atoms with E-state index in [4.69, 9.17) is 5.73 Å². The van der Waals surface area contributed by atoms with Gasteiger partial charge in [-0.3, -0.25) is 24.3 Å².